The largest absolute Gasteiger partial charge is 0.641 e. The van der Waals surface area contributed by atoms with E-state index >= 15 is 0 Å². The summed E-state index contributed by atoms with van der Waals surface area (Å²) in [5, 5.41) is 0. The topological polar surface area (TPSA) is 27.7 Å². The second-order valence-corrected chi connectivity index (χ2v) is 9.71. The summed E-state index contributed by atoms with van der Waals surface area (Å²) in [6.45, 7) is 0. The zero-order valence-electron chi connectivity index (χ0n) is 7.96. The molecule has 0 aromatic heterocycles. The molecule has 0 atom stereocenters. The predicted octanol–water partition coefficient (Wildman–Crippen LogP) is 1.15. The van der Waals surface area contributed by atoms with Gasteiger partial charge in [0, 0.05) is 7.11 Å². The van der Waals surface area contributed by atoms with Crippen LogP contribution < -0.4 is 0 Å². The first-order valence-corrected chi connectivity index (χ1v) is 10.9. The fourth-order valence-electron chi connectivity index (χ4n) is 0.741. The van der Waals surface area contributed by atoms with Crippen molar-refractivity contribution in [3.05, 3.63) is 0 Å². The van der Waals surface area contributed by atoms with Gasteiger partial charge in [0.15, 0.2) is 0 Å². The first kappa shape index (κ1) is 12.5. The Bertz CT molecular complexity index is 101. The minimum atomic E-state index is -1.34. The summed E-state index contributed by atoms with van der Waals surface area (Å²) in [5.41, 5.74) is 0. The Labute approximate surface area is 83.5 Å². The Morgan fingerprint density at radius 1 is 0.818 bits per heavy atom. The third-order valence-electron chi connectivity index (χ3n) is 1.18. The molecule has 0 radical (unpaired) electrons. The van der Waals surface area contributed by atoms with E-state index in [1.165, 1.54) is 0 Å². The molecule has 0 bridgehead atoms. The SMILES string of the molecule is C[O][Al]([CH3])[O][Al]([CH3])[O][Al]([CH3])[CH3]. The lowest BCUT2D eigenvalue weighted by Gasteiger charge is -2.14. The summed E-state index contributed by atoms with van der Waals surface area (Å²) in [6, 6.07) is 0. The van der Waals surface area contributed by atoms with Gasteiger partial charge in [-0.15, -0.1) is 0 Å². The molecule has 0 saturated heterocycles. The van der Waals surface area contributed by atoms with Gasteiger partial charge in [0.1, 0.15) is 0 Å². The van der Waals surface area contributed by atoms with Crippen LogP contribution in [0.1, 0.15) is 0 Å². The molecule has 0 aromatic rings. The van der Waals surface area contributed by atoms with E-state index in [2.05, 4.69) is 17.4 Å². The Balaban J connectivity index is 3.43. The first-order chi connectivity index (χ1) is 5.06. The Morgan fingerprint density at radius 3 is 1.73 bits per heavy atom. The van der Waals surface area contributed by atoms with E-state index in [4.69, 9.17) is 9.47 Å². The molecule has 0 aromatic carbocycles. The van der Waals surface area contributed by atoms with Gasteiger partial charge in [0.05, 0.1) is 0 Å². The molecule has 62 valence electrons. The molecule has 0 aliphatic rings. The summed E-state index contributed by atoms with van der Waals surface area (Å²) in [6.07, 6.45) is 0. The molecule has 0 aliphatic heterocycles. The van der Waals surface area contributed by atoms with E-state index < -0.39 is 44.1 Å². The number of hydrogen-bond acceptors (Lipinski definition) is 3. The Kier molecular flexibility index (Phi) is 7.87. The molecule has 0 N–H and O–H groups in total. The summed E-state index contributed by atoms with van der Waals surface area (Å²) in [4.78, 5) is 0. The molecule has 0 spiro atoms. The van der Waals surface area contributed by atoms with Crippen LogP contribution in [0.3, 0.4) is 0 Å². The van der Waals surface area contributed by atoms with Gasteiger partial charge in [0.25, 0.3) is 0 Å². The molecule has 0 heterocycles. The fraction of sp³-hybridized carbons (Fsp3) is 1.00. The van der Waals surface area contributed by atoms with Crippen molar-refractivity contribution < 1.29 is 9.47 Å². The minimum absolute atomic E-state index is 0.895. The summed E-state index contributed by atoms with van der Waals surface area (Å²) >= 11 is -3.57. The van der Waals surface area contributed by atoms with Gasteiger partial charge in [0.2, 0.25) is 0 Å². The fourth-order valence-corrected chi connectivity index (χ4v) is 7.24. The molecule has 6 heteroatoms. The molecule has 3 nitrogen and oxygen atoms in total. The van der Waals surface area contributed by atoms with Crippen molar-refractivity contribution in [3.8, 4) is 0 Å². The van der Waals surface area contributed by atoms with Gasteiger partial charge in [-0.2, -0.15) is 0 Å². The highest BCUT2D eigenvalue weighted by Crippen LogP contribution is 1.96. The van der Waals surface area contributed by atoms with Crippen LogP contribution in [0.5, 0.6) is 0 Å². The van der Waals surface area contributed by atoms with Crippen molar-refractivity contribution in [1.29, 1.82) is 0 Å². The first-order valence-electron chi connectivity index (χ1n) is 3.90. The van der Waals surface area contributed by atoms with Crippen molar-refractivity contribution in [2.75, 3.05) is 7.11 Å². The molecule has 0 rings (SSSR count). The van der Waals surface area contributed by atoms with E-state index in [-0.39, 0.29) is 0 Å². The van der Waals surface area contributed by atoms with E-state index in [1.54, 1.807) is 7.11 Å². The Hall–Kier alpha value is 1.48. The molecule has 0 fully saturated rings. The zero-order valence-corrected chi connectivity index (χ0v) is 11.4. The van der Waals surface area contributed by atoms with E-state index in [0.717, 1.165) is 0 Å². The summed E-state index contributed by atoms with van der Waals surface area (Å²) in [7, 11) is 1.70. The van der Waals surface area contributed by atoms with Crippen molar-refractivity contribution in [1.82, 2.24) is 0 Å². The van der Waals surface area contributed by atoms with Crippen LogP contribution in [-0.2, 0) is 9.47 Å². The lowest BCUT2D eigenvalue weighted by molar-refractivity contribution is 0.320. The van der Waals surface area contributed by atoms with Gasteiger partial charge in [-0.05, 0) is 0 Å². The van der Waals surface area contributed by atoms with Crippen molar-refractivity contribution in [2.45, 2.75) is 23.1 Å². The van der Waals surface area contributed by atoms with Gasteiger partial charge in [-0.3, -0.25) is 0 Å². The molecular weight excluding hydrogens is 189 g/mol. The smallest absolute Gasteiger partial charge is 0.615 e. The molecule has 11 heavy (non-hydrogen) atoms. The van der Waals surface area contributed by atoms with Gasteiger partial charge in [-0.1, -0.05) is 23.1 Å². The zero-order chi connectivity index (χ0) is 8.85. The van der Waals surface area contributed by atoms with E-state index in [0.29, 0.717) is 0 Å². The Morgan fingerprint density at radius 2 is 1.36 bits per heavy atom. The second kappa shape index (κ2) is 6.94. The standard InChI is InChI=1S/CH3O.4CH3.3Al.2O/c1-2;;;;;;;;;/h1H3;4*1H3;;;;;/q-1;;;;;;;+1;;. The van der Waals surface area contributed by atoms with Crippen molar-refractivity contribution in [3.63, 3.8) is 0 Å². The average molecular weight is 204 g/mol. The molecule has 0 unspecified atom stereocenters. The average Bonchev–Trinajstić information content (AvgIpc) is 1.85. The highest BCUT2D eigenvalue weighted by Gasteiger charge is 2.26. The maximum atomic E-state index is 5.63. The van der Waals surface area contributed by atoms with Crippen LogP contribution in [0, 0.1) is 0 Å². The number of hydrogen-bond donors (Lipinski definition) is 0. The summed E-state index contributed by atoms with van der Waals surface area (Å²) in [5.74, 6) is 8.40. The van der Waals surface area contributed by atoms with Crippen LogP contribution in [0.4, 0.5) is 0 Å². The highest BCUT2D eigenvalue weighted by atomic mass is 27.3. The van der Waals surface area contributed by atoms with Crippen LogP contribution in [-0.4, -0.2) is 51.2 Å². The van der Waals surface area contributed by atoms with Gasteiger partial charge in [-0.25, -0.2) is 0 Å². The van der Waals surface area contributed by atoms with E-state index in [9.17, 15) is 0 Å². The van der Waals surface area contributed by atoms with Crippen LogP contribution in [0.25, 0.3) is 0 Å². The van der Waals surface area contributed by atoms with Crippen LogP contribution in [0.2, 0.25) is 23.1 Å². The number of rotatable bonds is 5. The summed E-state index contributed by atoms with van der Waals surface area (Å²) < 4.78 is 16.3. The van der Waals surface area contributed by atoms with E-state index in [1.807, 2.05) is 5.79 Å². The lowest BCUT2D eigenvalue weighted by Crippen LogP contribution is -2.32. The maximum absolute atomic E-state index is 5.63. The quantitative estimate of drug-likeness (QED) is 0.629. The lowest BCUT2D eigenvalue weighted by atomic mass is 11.8. The van der Waals surface area contributed by atoms with Crippen LogP contribution in [0.15, 0.2) is 0 Å². The van der Waals surface area contributed by atoms with Crippen molar-refractivity contribution >= 4 is 44.1 Å². The minimum Gasteiger partial charge on any atom is -0.615 e. The third-order valence-corrected chi connectivity index (χ3v) is 8.62. The molecular formula is C5H15Al3O3. The molecule has 0 aliphatic carbocycles. The molecule has 0 saturated carbocycles. The predicted molar refractivity (Wildman–Crippen MR) is 49.9 cm³/mol. The second-order valence-electron chi connectivity index (χ2n) is 2.69. The monoisotopic (exact) mass is 204 g/mol. The van der Waals surface area contributed by atoms with Gasteiger partial charge < -0.3 is 9.47 Å². The highest BCUT2D eigenvalue weighted by molar-refractivity contribution is 6.65. The normalized spacial score (nSPS) is 9.55. The van der Waals surface area contributed by atoms with Gasteiger partial charge >= 0.3 is 44.1 Å². The van der Waals surface area contributed by atoms with Crippen LogP contribution >= 0.6 is 0 Å². The van der Waals surface area contributed by atoms with Crippen molar-refractivity contribution in [2.24, 2.45) is 0 Å². The molecule has 0 amide bonds. The maximum Gasteiger partial charge on any atom is 0.641 e. The third kappa shape index (κ3) is 7.83.